The molecule has 0 spiro atoms. The molecule has 196 valence electrons. The number of aromatic nitrogens is 2. The highest BCUT2D eigenvalue weighted by molar-refractivity contribution is 7.93. The van der Waals surface area contributed by atoms with E-state index in [-0.39, 0.29) is 27.0 Å². The molecule has 0 fully saturated rings. The number of hydrogen-bond donors (Lipinski definition) is 3. The average Bonchev–Trinajstić information content (AvgIpc) is 2.85. The van der Waals surface area contributed by atoms with Crippen LogP contribution >= 0.6 is 0 Å². The minimum Gasteiger partial charge on any atom is -0.322 e. The van der Waals surface area contributed by atoms with E-state index in [1.165, 1.54) is 36.4 Å². The van der Waals surface area contributed by atoms with Crippen LogP contribution in [-0.2, 0) is 20.0 Å². The fraction of sp³-hybridized carbons (Fsp3) is 0.115. The number of aryl methyl sites for hydroxylation is 2. The summed E-state index contributed by atoms with van der Waals surface area (Å²) in [6, 6.07) is 19.9. The highest BCUT2D eigenvalue weighted by atomic mass is 32.2. The number of sulfonamides is 2. The minimum absolute atomic E-state index is 0.0295. The van der Waals surface area contributed by atoms with Gasteiger partial charge in [-0.2, -0.15) is 0 Å². The molecule has 0 aliphatic heterocycles. The zero-order valence-corrected chi connectivity index (χ0v) is 22.4. The molecule has 0 aliphatic carbocycles. The van der Waals surface area contributed by atoms with Gasteiger partial charge in [0.25, 0.3) is 26.0 Å². The maximum absolute atomic E-state index is 13.0. The molecule has 38 heavy (non-hydrogen) atoms. The van der Waals surface area contributed by atoms with E-state index in [4.69, 9.17) is 0 Å². The van der Waals surface area contributed by atoms with Crippen LogP contribution in [0.2, 0.25) is 0 Å². The molecule has 4 aromatic rings. The summed E-state index contributed by atoms with van der Waals surface area (Å²) >= 11 is 0. The van der Waals surface area contributed by atoms with Crippen LogP contribution in [0.15, 0.2) is 88.7 Å². The van der Waals surface area contributed by atoms with E-state index in [9.17, 15) is 21.6 Å². The molecule has 1 heterocycles. The summed E-state index contributed by atoms with van der Waals surface area (Å²) in [6.45, 7) is 5.10. The Morgan fingerprint density at radius 2 is 1.26 bits per heavy atom. The van der Waals surface area contributed by atoms with Gasteiger partial charge in [-0.1, -0.05) is 24.3 Å². The molecule has 0 aliphatic rings. The standard InChI is InChI=1S/C26H25N5O5S2/c1-17-16-18(2)28-26(27-17)31-38(35,36)22-14-12-20(13-15-22)29-25(32)23-10-7-11-24(19(23)3)30-37(33,34)21-8-5-4-6-9-21/h4-16,30H,1-3H3,(H,29,32)(H,27,28,31). The first-order valence-corrected chi connectivity index (χ1v) is 14.4. The molecular formula is C26H25N5O5S2. The maximum Gasteiger partial charge on any atom is 0.264 e. The van der Waals surface area contributed by atoms with E-state index in [2.05, 4.69) is 24.7 Å². The van der Waals surface area contributed by atoms with Gasteiger partial charge in [-0.25, -0.2) is 31.5 Å². The van der Waals surface area contributed by atoms with Gasteiger partial charge in [0.2, 0.25) is 5.95 Å². The summed E-state index contributed by atoms with van der Waals surface area (Å²) in [5, 5.41) is 2.71. The summed E-state index contributed by atoms with van der Waals surface area (Å²) in [4.78, 5) is 21.2. The molecule has 0 saturated heterocycles. The predicted molar refractivity (Wildman–Crippen MR) is 145 cm³/mol. The van der Waals surface area contributed by atoms with Gasteiger partial charge in [0.15, 0.2) is 0 Å². The van der Waals surface area contributed by atoms with Gasteiger partial charge >= 0.3 is 0 Å². The average molecular weight is 552 g/mol. The molecule has 1 amide bonds. The third-order valence-corrected chi connectivity index (χ3v) is 8.23. The van der Waals surface area contributed by atoms with Crippen molar-refractivity contribution >= 4 is 43.3 Å². The normalized spacial score (nSPS) is 11.6. The molecule has 0 saturated carbocycles. The summed E-state index contributed by atoms with van der Waals surface area (Å²) in [7, 11) is -7.79. The Labute approximate surface area is 221 Å². The lowest BCUT2D eigenvalue weighted by Crippen LogP contribution is -2.18. The zero-order valence-electron chi connectivity index (χ0n) is 20.8. The fourth-order valence-electron chi connectivity index (χ4n) is 3.66. The first-order chi connectivity index (χ1) is 17.9. The molecule has 4 rings (SSSR count). The third-order valence-electron chi connectivity index (χ3n) is 5.51. The number of carbonyl (C=O) groups is 1. The Bertz CT molecular complexity index is 1690. The number of carbonyl (C=O) groups excluding carboxylic acids is 1. The van der Waals surface area contributed by atoms with Crippen molar-refractivity contribution in [3.05, 3.63) is 101 Å². The summed E-state index contributed by atoms with van der Waals surface area (Å²) in [5.41, 5.74) is 2.56. The quantitative estimate of drug-likeness (QED) is 0.296. The maximum atomic E-state index is 13.0. The molecule has 12 heteroatoms. The fourth-order valence-corrected chi connectivity index (χ4v) is 5.75. The molecule has 3 aromatic carbocycles. The molecule has 0 unspecified atom stereocenters. The smallest absolute Gasteiger partial charge is 0.264 e. The Morgan fingerprint density at radius 1 is 0.684 bits per heavy atom. The number of benzene rings is 3. The van der Waals surface area contributed by atoms with Gasteiger partial charge in [0.05, 0.1) is 15.5 Å². The van der Waals surface area contributed by atoms with E-state index in [1.807, 2.05) is 0 Å². The minimum atomic E-state index is -3.95. The van der Waals surface area contributed by atoms with Crippen LogP contribution in [0.5, 0.6) is 0 Å². The summed E-state index contributed by atoms with van der Waals surface area (Å²) in [6.07, 6.45) is 0. The Kier molecular flexibility index (Phi) is 7.46. The van der Waals surface area contributed by atoms with Crippen LogP contribution in [0.25, 0.3) is 0 Å². The van der Waals surface area contributed by atoms with Crippen molar-refractivity contribution in [2.24, 2.45) is 0 Å². The van der Waals surface area contributed by atoms with E-state index in [0.29, 0.717) is 22.6 Å². The van der Waals surface area contributed by atoms with Crippen molar-refractivity contribution in [3.8, 4) is 0 Å². The van der Waals surface area contributed by atoms with Crippen LogP contribution < -0.4 is 14.8 Å². The highest BCUT2D eigenvalue weighted by Crippen LogP contribution is 2.24. The monoisotopic (exact) mass is 551 g/mol. The van der Waals surface area contributed by atoms with E-state index >= 15 is 0 Å². The molecule has 1 aromatic heterocycles. The Morgan fingerprint density at radius 3 is 1.89 bits per heavy atom. The van der Waals surface area contributed by atoms with Crippen molar-refractivity contribution in [3.63, 3.8) is 0 Å². The number of rotatable bonds is 8. The van der Waals surface area contributed by atoms with Gasteiger partial charge in [-0.05, 0) is 80.9 Å². The summed E-state index contributed by atoms with van der Waals surface area (Å²) in [5.74, 6) is -0.515. The second kappa shape index (κ2) is 10.6. The zero-order chi connectivity index (χ0) is 27.5. The molecular weight excluding hydrogens is 526 g/mol. The van der Waals surface area contributed by atoms with Crippen LogP contribution in [0.3, 0.4) is 0 Å². The molecule has 0 atom stereocenters. The van der Waals surface area contributed by atoms with Crippen molar-refractivity contribution in [2.45, 2.75) is 30.6 Å². The van der Waals surface area contributed by atoms with Crippen LogP contribution in [0, 0.1) is 20.8 Å². The van der Waals surface area contributed by atoms with Crippen molar-refractivity contribution in [1.82, 2.24) is 9.97 Å². The molecule has 0 radical (unpaired) electrons. The Balaban J connectivity index is 1.49. The number of amides is 1. The van der Waals surface area contributed by atoms with Crippen molar-refractivity contribution in [2.75, 3.05) is 14.8 Å². The van der Waals surface area contributed by atoms with Gasteiger partial charge in [0, 0.05) is 22.6 Å². The number of nitrogens with zero attached hydrogens (tertiary/aromatic N) is 2. The largest absolute Gasteiger partial charge is 0.322 e. The van der Waals surface area contributed by atoms with Gasteiger partial charge in [-0.15, -0.1) is 0 Å². The number of anilines is 3. The van der Waals surface area contributed by atoms with Crippen molar-refractivity contribution in [1.29, 1.82) is 0 Å². The van der Waals surface area contributed by atoms with Crippen molar-refractivity contribution < 1.29 is 21.6 Å². The first-order valence-electron chi connectivity index (χ1n) is 11.4. The predicted octanol–water partition coefficient (Wildman–Crippen LogP) is 4.26. The third kappa shape index (κ3) is 6.15. The molecule has 10 nitrogen and oxygen atoms in total. The van der Waals surface area contributed by atoms with Gasteiger partial charge < -0.3 is 5.32 Å². The van der Waals surface area contributed by atoms with E-state index < -0.39 is 26.0 Å². The van der Waals surface area contributed by atoms with Gasteiger partial charge in [0.1, 0.15) is 0 Å². The van der Waals surface area contributed by atoms with Crippen LogP contribution in [0.4, 0.5) is 17.3 Å². The Hall–Kier alpha value is -4.29. The molecule has 3 N–H and O–H groups in total. The summed E-state index contributed by atoms with van der Waals surface area (Å²) < 4.78 is 55.8. The number of hydrogen-bond acceptors (Lipinski definition) is 7. The van der Waals surface area contributed by atoms with Crippen LogP contribution in [-0.4, -0.2) is 32.7 Å². The number of nitrogens with one attached hydrogen (secondary N) is 3. The lowest BCUT2D eigenvalue weighted by Gasteiger charge is -2.14. The van der Waals surface area contributed by atoms with E-state index in [1.54, 1.807) is 63.2 Å². The molecule has 0 bridgehead atoms. The van der Waals surface area contributed by atoms with E-state index in [0.717, 1.165) is 0 Å². The van der Waals surface area contributed by atoms with Crippen LogP contribution in [0.1, 0.15) is 27.3 Å². The topological polar surface area (TPSA) is 147 Å². The lowest BCUT2D eigenvalue weighted by atomic mass is 10.1. The second-order valence-corrected chi connectivity index (χ2v) is 11.8. The first kappa shape index (κ1) is 26.8. The second-order valence-electron chi connectivity index (χ2n) is 8.45. The lowest BCUT2D eigenvalue weighted by molar-refractivity contribution is 0.102. The highest BCUT2D eigenvalue weighted by Gasteiger charge is 2.19. The van der Waals surface area contributed by atoms with Gasteiger partial charge in [-0.3, -0.25) is 9.52 Å². The SMILES string of the molecule is Cc1cc(C)nc(NS(=O)(=O)c2ccc(NC(=O)c3cccc(NS(=O)(=O)c4ccccc4)c3C)cc2)n1.